The van der Waals surface area contributed by atoms with Gasteiger partial charge in [0.15, 0.2) is 5.69 Å². The highest BCUT2D eigenvalue weighted by molar-refractivity contribution is 9.11. The number of nitrogens with one attached hydrogen (secondary N) is 2. The molecule has 2 rings (SSSR count). The number of carbonyl (C=O) groups is 1. The van der Waals surface area contributed by atoms with Gasteiger partial charge >= 0.3 is 0 Å². The lowest BCUT2D eigenvalue weighted by Crippen LogP contribution is -2.15. The molecule has 0 aliphatic carbocycles. The second kappa shape index (κ2) is 6.32. The zero-order chi connectivity index (χ0) is 14.7. The van der Waals surface area contributed by atoms with E-state index < -0.39 is 0 Å². The van der Waals surface area contributed by atoms with Crippen LogP contribution < -0.4 is 10.6 Å². The smallest absolute Gasteiger partial charge is 0.276 e. The molecule has 1 amide bonds. The summed E-state index contributed by atoms with van der Waals surface area (Å²) < 4.78 is 1.61. The molecule has 0 aliphatic rings. The van der Waals surface area contributed by atoms with Crippen LogP contribution in [0.5, 0.6) is 0 Å². The number of carbonyl (C=O) groups excluding carboxylic acids is 1. The van der Waals surface area contributed by atoms with E-state index in [4.69, 9.17) is 0 Å². The van der Waals surface area contributed by atoms with Crippen LogP contribution in [0.3, 0.4) is 0 Å². The van der Waals surface area contributed by atoms with E-state index in [0.29, 0.717) is 11.5 Å². The van der Waals surface area contributed by atoms with E-state index in [0.717, 1.165) is 14.5 Å². The Kier molecular flexibility index (Phi) is 4.72. The van der Waals surface area contributed by atoms with Crippen LogP contribution in [0.4, 0.5) is 11.5 Å². The fourth-order valence-corrected chi connectivity index (χ4v) is 3.20. The van der Waals surface area contributed by atoms with E-state index in [1.165, 1.54) is 0 Å². The van der Waals surface area contributed by atoms with Crippen LogP contribution in [0.25, 0.3) is 0 Å². The molecule has 2 aromatic rings. The molecule has 5 nitrogen and oxygen atoms in total. The summed E-state index contributed by atoms with van der Waals surface area (Å²) >= 11 is 6.86. The van der Waals surface area contributed by atoms with Crippen LogP contribution in [0.1, 0.15) is 16.1 Å². The van der Waals surface area contributed by atoms with Crippen molar-refractivity contribution in [3.05, 3.63) is 44.5 Å². The first kappa shape index (κ1) is 14.9. The minimum atomic E-state index is -0.314. The predicted molar refractivity (Wildman–Crippen MR) is 86.1 cm³/mol. The molecule has 0 saturated heterocycles. The average molecular weight is 400 g/mol. The Bertz CT molecular complexity index is 620. The molecule has 20 heavy (non-hydrogen) atoms. The van der Waals surface area contributed by atoms with Crippen molar-refractivity contribution in [3.63, 3.8) is 0 Å². The number of hydrogen-bond donors (Lipinski definition) is 2. The standard InChI is InChI=1S/C13H12Br2N4O/c1-7-5-8(14)12(9(15)6-7)17-13(20)10-3-4-11(16-2)19-18-10/h3-6H,1-2H3,(H,16,19)(H,17,20). The molecule has 104 valence electrons. The van der Waals surface area contributed by atoms with Crippen LogP contribution in [-0.2, 0) is 0 Å². The molecule has 0 bridgehead atoms. The van der Waals surface area contributed by atoms with Crippen molar-refractivity contribution in [3.8, 4) is 0 Å². The Morgan fingerprint density at radius 2 is 1.80 bits per heavy atom. The van der Waals surface area contributed by atoms with Crippen LogP contribution in [0, 0.1) is 6.92 Å². The molecular weight excluding hydrogens is 388 g/mol. The summed E-state index contributed by atoms with van der Waals surface area (Å²) in [7, 11) is 1.74. The lowest BCUT2D eigenvalue weighted by Gasteiger charge is -2.10. The number of nitrogens with zero attached hydrogens (tertiary/aromatic N) is 2. The number of anilines is 2. The van der Waals surface area contributed by atoms with Gasteiger partial charge < -0.3 is 10.6 Å². The SMILES string of the molecule is CNc1ccc(C(=O)Nc2c(Br)cc(C)cc2Br)nn1. The number of aromatic nitrogens is 2. The fourth-order valence-electron chi connectivity index (χ4n) is 1.58. The molecule has 1 heterocycles. The second-order valence-corrected chi connectivity index (χ2v) is 5.82. The molecule has 7 heteroatoms. The van der Waals surface area contributed by atoms with E-state index in [-0.39, 0.29) is 11.6 Å². The molecule has 0 spiro atoms. The minimum Gasteiger partial charge on any atom is -0.372 e. The molecule has 1 aromatic heterocycles. The fraction of sp³-hybridized carbons (Fsp3) is 0.154. The van der Waals surface area contributed by atoms with E-state index in [1.54, 1.807) is 19.2 Å². The van der Waals surface area contributed by atoms with Gasteiger partial charge in [0, 0.05) is 16.0 Å². The first-order chi connectivity index (χ1) is 9.51. The van der Waals surface area contributed by atoms with Gasteiger partial charge in [-0.1, -0.05) is 0 Å². The molecule has 0 aliphatic heterocycles. The predicted octanol–water partition coefficient (Wildman–Crippen LogP) is 3.60. The Morgan fingerprint density at radius 1 is 1.15 bits per heavy atom. The third kappa shape index (κ3) is 3.34. The summed E-state index contributed by atoms with van der Waals surface area (Å²) in [6.45, 7) is 1.98. The molecule has 0 fully saturated rings. The molecule has 0 unspecified atom stereocenters. The molecular formula is C13H12Br2N4O. The second-order valence-electron chi connectivity index (χ2n) is 4.11. The first-order valence-electron chi connectivity index (χ1n) is 5.79. The highest BCUT2D eigenvalue weighted by atomic mass is 79.9. The Hall–Kier alpha value is -1.47. The Labute approximate surface area is 133 Å². The normalized spacial score (nSPS) is 10.2. The molecule has 0 saturated carbocycles. The van der Waals surface area contributed by atoms with Gasteiger partial charge in [0.2, 0.25) is 0 Å². The maximum absolute atomic E-state index is 12.1. The van der Waals surface area contributed by atoms with Gasteiger partial charge in [-0.15, -0.1) is 10.2 Å². The number of hydrogen-bond acceptors (Lipinski definition) is 4. The van der Waals surface area contributed by atoms with Gasteiger partial charge in [0.05, 0.1) is 5.69 Å². The van der Waals surface area contributed by atoms with E-state index in [2.05, 4.69) is 52.7 Å². The van der Waals surface area contributed by atoms with Gasteiger partial charge in [0.1, 0.15) is 5.82 Å². The topological polar surface area (TPSA) is 66.9 Å². The van der Waals surface area contributed by atoms with E-state index >= 15 is 0 Å². The van der Waals surface area contributed by atoms with Gasteiger partial charge in [-0.3, -0.25) is 4.79 Å². The molecule has 0 radical (unpaired) electrons. The summed E-state index contributed by atoms with van der Waals surface area (Å²) in [5.74, 6) is 0.296. The van der Waals surface area contributed by atoms with Crippen molar-refractivity contribution >= 4 is 49.3 Å². The van der Waals surface area contributed by atoms with Crippen LogP contribution in [-0.4, -0.2) is 23.2 Å². The number of aryl methyl sites for hydroxylation is 1. The van der Waals surface area contributed by atoms with E-state index in [1.807, 2.05) is 19.1 Å². The zero-order valence-electron chi connectivity index (χ0n) is 10.9. The number of rotatable bonds is 3. The van der Waals surface area contributed by atoms with Crippen LogP contribution >= 0.6 is 31.9 Å². The van der Waals surface area contributed by atoms with Crippen molar-refractivity contribution in [1.29, 1.82) is 0 Å². The van der Waals surface area contributed by atoms with Gasteiger partial charge in [-0.05, 0) is 68.6 Å². The first-order valence-corrected chi connectivity index (χ1v) is 7.38. The number of benzene rings is 1. The lowest BCUT2D eigenvalue weighted by atomic mass is 10.2. The zero-order valence-corrected chi connectivity index (χ0v) is 14.0. The highest BCUT2D eigenvalue weighted by Gasteiger charge is 2.13. The summed E-state index contributed by atoms with van der Waals surface area (Å²) in [5.41, 5.74) is 2.00. The third-order valence-electron chi connectivity index (χ3n) is 2.58. The van der Waals surface area contributed by atoms with Crippen LogP contribution in [0.15, 0.2) is 33.2 Å². The maximum Gasteiger partial charge on any atom is 0.276 e. The number of amides is 1. The molecule has 2 N–H and O–H groups in total. The minimum absolute atomic E-state index is 0.253. The maximum atomic E-state index is 12.1. The third-order valence-corrected chi connectivity index (χ3v) is 3.83. The highest BCUT2D eigenvalue weighted by Crippen LogP contribution is 2.32. The largest absolute Gasteiger partial charge is 0.372 e. The Balaban J connectivity index is 2.23. The number of halogens is 2. The molecule has 0 atom stereocenters. The van der Waals surface area contributed by atoms with Crippen molar-refractivity contribution in [1.82, 2.24) is 10.2 Å². The van der Waals surface area contributed by atoms with Gasteiger partial charge in [-0.25, -0.2) is 0 Å². The van der Waals surface area contributed by atoms with Crippen molar-refractivity contribution in [2.24, 2.45) is 0 Å². The van der Waals surface area contributed by atoms with Gasteiger partial charge in [-0.2, -0.15) is 0 Å². The van der Waals surface area contributed by atoms with Gasteiger partial charge in [0.25, 0.3) is 5.91 Å². The monoisotopic (exact) mass is 398 g/mol. The van der Waals surface area contributed by atoms with Crippen molar-refractivity contribution in [2.45, 2.75) is 6.92 Å². The molecule has 1 aromatic carbocycles. The summed E-state index contributed by atoms with van der Waals surface area (Å²) in [5, 5.41) is 13.4. The summed E-state index contributed by atoms with van der Waals surface area (Å²) in [4.78, 5) is 12.1. The quantitative estimate of drug-likeness (QED) is 0.827. The summed E-state index contributed by atoms with van der Waals surface area (Å²) in [6.07, 6.45) is 0. The average Bonchev–Trinajstić information content (AvgIpc) is 2.42. The summed E-state index contributed by atoms with van der Waals surface area (Å²) in [6, 6.07) is 7.16. The van der Waals surface area contributed by atoms with Crippen LogP contribution in [0.2, 0.25) is 0 Å². The van der Waals surface area contributed by atoms with Crippen molar-refractivity contribution in [2.75, 3.05) is 17.7 Å². The van der Waals surface area contributed by atoms with Crippen molar-refractivity contribution < 1.29 is 4.79 Å². The lowest BCUT2D eigenvalue weighted by molar-refractivity contribution is 0.102. The van der Waals surface area contributed by atoms with E-state index in [9.17, 15) is 4.79 Å². The Morgan fingerprint density at radius 3 is 2.30 bits per heavy atom.